The molecule has 0 radical (unpaired) electrons. The molecular weight excluding hydrogens is 310 g/mol. The Morgan fingerprint density at radius 2 is 1.74 bits per heavy atom. The Hall–Kier alpha value is -1.09. The van der Waals surface area contributed by atoms with E-state index in [1.165, 1.54) is 24.3 Å². The zero-order valence-electron chi connectivity index (χ0n) is 9.59. The Labute approximate surface area is 124 Å². The van der Waals surface area contributed by atoms with Gasteiger partial charge in [0.05, 0.1) is 10.0 Å². The van der Waals surface area contributed by atoms with Crippen LogP contribution in [0.5, 0.6) is 0 Å². The lowest BCUT2D eigenvalue weighted by atomic mass is 10.0. The van der Waals surface area contributed by atoms with Crippen molar-refractivity contribution in [2.45, 2.75) is 6.42 Å². The summed E-state index contributed by atoms with van der Waals surface area (Å²) in [6.45, 7) is 0. The molecule has 19 heavy (non-hydrogen) atoms. The monoisotopic (exact) mass is 316 g/mol. The molecule has 0 atom stereocenters. The molecule has 5 heteroatoms. The van der Waals surface area contributed by atoms with E-state index in [9.17, 15) is 9.18 Å². The van der Waals surface area contributed by atoms with Gasteiger partial charge in [-0.3, -0.25) is 4.79 Å². The van der Waals surface area contributed by atoms with Gasteiger partial charge in [-0.05, 0) is 35.9 Å². The Morgan fingerprint density at radius 1 is 1.00 bits per heavy atom. The average Bonchev–Trinajstić information content (AvgIpc) is 2.36. The van der Waals surface area contributed by atoms with Crippen molar-refractivity contribution in [2.24, 2.45) is 0 Å². The smallest absolute Gasteiger partial charge is 0.168 e. The molecule has 0 fully saturated rings. The molecule has 0 amide bonds. The summed E-state index contributed by atoms with van der Waals surface area (Å²) in [5.41, 5.74) is 0.960. The normalized spacial score (nSPS) is 10.5. The van der Waals surface area contributed by atoms with Crippen LogP contribution in [0.3, 0.4) is 0 Å². The molecule has 0 saturated heterocycles. The number of hydrogen-bond acceptors (Lipinski definition) is 1. The number of halogens is 4. The number of carbonyl (C=O) groups is 1. The van der Waals surface area contributed by atoms with E-state index in [0.29, 0.717) is 21.2 Å². The maximum Gasteiger partial charge on any atom is 0.168 e. The van der Waals surface area contributed by atoms with Gasteiger partial charge >= 0.3 is 0 Å². The first-order valence-electron chi connectivity index (χ1n) is 5.39. The molecule has 0 saturated carbocycles. The molecule has 98 valence electrons. The molecule has 0 N–H and O–H groups in total. The van der Waals surface area contributed by atoms with Crippen molar-refractivity contribution in [3.63, 3.8) is 0 Å². The van der Waals surface area contributed by atoms with Gasteiger partial charge in [-0.1, -0.05) is 40.9 Å². The van der Waals surface area contributed by atoms with Crippen LogP contribution in [-0.2, 0) is 6.42 Å². The first-order chi connectivity index (χ1) is 8.97. The Bertz CT molecular complexity index is 641. The first-order valence-corrected chi connectivity index (χ1v) is 6.53. The molecule has 2 aromatic rings. The summed E-state index contributed by atoms with van der Waals surface area (Å²) in [6.07, 6.45) is 0.0834. The third-order valence-corrected chi connectivity index (χ3v) is 3.43. The van der Waals surface area contributed by atoms with Gasteiger partial charge in [0.15, 0.2) is 5.78 Å². The van der Waals surface area contributed by atoms with Crippen LogP contribution in [0.4, 0.5) is 4.39 Å². The van der Waals surface area contributed by atoms with Gasteiger partial charge in [0, 0.05) is 17.0 Å². The van der Waals surface area contributed by atoms with Crippen molar-refractivity contribution in [2.75, 3.05) is 0 Å². The van der Waals surface area contributed by atoms with Gasteiger partial charge in [-0.25, -0.2) is 4.39 Å². The average molecular weight is 318 g/mol. The number of benzene rings is 2. The van der Waals surface area contributed by atoms with E-state index in [4.69, 9.17) is 34.8 Å². The quantitative estimate of drug-likeness (QED) is 0.710. The largest absolute Gasteiger partial charge is 0.294 e. The zero-order valence-corrected chi connectivity index (χ0v) is 11.9. The molecule has 2 aromatic carbocycles. The van der Waals surface area contributed by atoms with Crippen LogP contribution in [0.15, 0.2) is 36.4 Å². The van der Waals surface area contributed by atoms with E-state index in [0.717, 1.165) is 0 Å². The standard InChI is InChI=1S/C14H8Cl3FO/c15-9-2-3-11(16)10(7-9)14(19)6-8-1-4-13(18)12(17)5-8/h1-5,7H,6H2. The Morgan fingerprint density at radius 3 is 2.42 bits per heavy atom. The third kappa shape index (κ3) is 3.47. The molecule has 0 unspecified atom stereocenters. The number of ketones is 1. The van der Waals surface area contributed by atoms with Crippen LogP contribution in [0.1, 0.15) is 15.9 Å². The fourth-order valence-electron chi connectivity index (χ4n) is 1.64. The summed E-state index contributed by atoms with van der Waals surface area (Å²) in [5, 5.41) is 0.759. The molecule has 0 aliphatic rings. The molecule has 0 aromatic heterocycles. The van der Waals surface area contributed by atoms with Gasteiger partial charge in [0.2, 0.25) is 0 Å². The van der Waals surface area contributed by atoms with Crippen LogP contribution in [-0.4, -0.2) is 5.78 Å². The number of carbonyl (C=O) groups excluding carboxylic acids is 1. The molecule has 1 nitrogen and oxygen atoms in total. The Balaban J connectivity index is 2.25. The SMILES string of the molecule is O=C(Cc1ccc(F)c(Cl)c1)c1cc(Cl)ccc1Cl. The maximum atomic E-state index is 13.0. The summed E-state index contributed by atoms with van der Waals surface area (Å²) in [7, 11) is 0. The van der Waals surface area contributed by atoms with Crippen molar-refractivity contribution in [1.82, 2.24) is 0 Å². The molecule has 0 aliphatic carbocycles. The van der Waals surface area contributed by atoms with Crippen LogP contribution in [0.25, 0.3) is 0 Å². The molecule has 0 aliphatic heterocycles. The lowest BCUT2D eigenvalue weighted by Gasteiger charge is -2.05. The highest BCUT2D eigenvalue weighted by Gasteiger charge is 2.12. The number of rotatable bonds is 3. The minimum atomic E-state index is -0.515. The molecule has 0 spiro atoms. The zero-order chi connectivity index (χ0) is 14.0. The van der Waals surface area contributed by atoms with Crippen LogP contribution < -0.4 is 0 Å². The third-order valence-electron chi connectivity index (χ3n) is 2.58. The van der Waals surface area contributed by atoms with Crippen molar-refractivity contribution in [3.05, 3.63) is 68.4 Å². The summed E-state index contributed by atoms with van der Waals surface area (Å²) in [5.74, 6) is -0.714. The molecule has 2 rings (SSSR count). The lowest BCUT2D eigenvalue weighted by molar-refractivity contribution is 0.0993. The minimum Gasteiger partial charge on any atom is -0.294 e. The predicted molar refractivity (Wildman–Crippen MR) is 75.9 cm³/mol. The lowest BCUT2D eigenvalue weighted by Crippen LogP contribution is -2.04. The van der Waals surface area contributed by atoms with Crippen molar-refractivity contribution < 1.29 is 9.18 Å². The Kier molecular flexibility index (Phi) is 4.46. The van der Waals surface area contributed by atoms with E-state index in [1.54, 1.807) is 12.1 Å². The van der Waals surface area contributed by atoms with E-state index >= 15 is 0 Å². The fourth-order valence-corrected chi connectivity index (χ4v) is 2.24. The van der Waals surface area contributed by atoms with Crippen molar-refractivity contribution >= 4 is 40.6 Å². The second-order valence-electron chi connectivity index (χ2n) is 3.97. The topological polar surface area (TPSA) is 17.1 Å². The van der Waals surface area contributed by atoms with E-state index in [2.05, 4.69) is 0 Å². The minimum absolute atomic E-state index is 0.0116. The summed E-state index contributed by atoms with van der Waals surface area (Å²) >= 11 is 17.4. The van der Waals surface area contributed by atoms with Gasteiger partial charge < -0.3 is 0 Å². The number of Topliss-reactive ketones (excluding diaryl/α,β-unsaturated/α-hetero) is 1. The molecule has 0 heterocycles. The second-order valence-corrected chi connectivity index (χ2v) is 5.22. The van der Waals surface area contributed by atoms with Gasteiger partial charge in [-0.2, -0.15) is 0 Å². The highest BCUT2D eigenvalue weighted by atomic mass is 35.5. The summed E-state index contributed by atoms with van der Waals surface area (Å²) in [4.78, 5) is 12.1. The predicted octanol–water partition coefficient (Wildman–Crippen LogP) is 5.21. The number of hydrogen-bond donors (Lipinski definition) is 0. The molecular formula is C14H8Cl3FO. The maximum absolute atomic E-state index is 13.0. The van der Waals surface area contributed by atoms with E-state index in [1.807, 2.05) is 0 Å². The van der Waals surface area contributed by atoms with Crippen LogP contribution in [0, 0.1) is 5.82 Å². The fraction of sp³-hybridized carbons (Fsp3) is 0.0714. The van der Waals surface area contributed by atoms with Gasteiger partial charge in [-0.15, -0.1) is 0 Å². The van der Waals surface area contributed by atoms with Crippen molar-refractivity contribution in [3.8, 4) is 0 Å². The second kappa shape index (κ2) is 5.91. The van der Waals surface area contributed by atoms with Crippen LogP contribution in [0.2, 0.25) is 15.1 Å². The summed E-state index contributed by atoms with van der Waals surface area (Å²) < 4.78 is 13.0. The van der Waals surface area contributed by atoms with E-state index < -0.39 is 5.82 Å². The van der Waals surface area contributed by atoms with E-state index in [-0.39, 0.29) is 17.2 Å². The first kappa shape index (κ1) is 14.3. The highest BCUT2D eigenvalue weighted by Crippen LogP contribution is 2.23. The van der Waals surface area contributed by atoms with Gasteiger partial charge in [0.1, 0.15) is 5.82 Å². The highest BCUT2D eigenvalue weighted by molar-refractivity contribution is 6.36. The van der Waals surface area contributed by atoms with Crippen molar-refractivity contribution in [1.29, 1.82) is 0 Å². The summed E-state index contributed by atoms with van der Waals surface area (Å²) in [6, 6.07) is 8.84. The molecule has 0 bridgehead atoms. The van der Waals surface area contributed by atoms with Crippen LogP contribution >= 0.6 is 34.8 Å². The van der Waals surface area contributed by atoms with Gasteiger partial charge in [0.25, 0.3) is 0 Å².